The van der Waals surface area contributed by atoms with Gasteiger partial charge in [-0.05, 0) is 24.3 Å². The Hall–Kier alpha value is -2.08. The van der Waals surface area contributed by atoms with E-state index < -0.39 is 0 Å². The van der Waals surface area contributed by atoms with Gasteiger partial charge in [0.2, 0.25) is 0 Å². The standard InChI is InChI=1S/C19H24N4OS/c1-13(2)14-3-5-15(6-4-14)16-11-25-18(21-16)23-9-7-19(8-10-23)12-20-17(24)22-19/h3-6,11,13H,7-10,12H2,1-2H3,(H2,20,22,24). The van der Waals surface area contributed by atoms with Crippen LogP contribution in [0.4, 0.5) is 9.93 Å². The SMILES string of the molecule is CC(C)c1ccc(-c2csc(N3CCC4(CC3)CNC(=O)N4)n2)cc1. The van der Waals surface area contributed by atoms with E-state index in [1.165, 1.54) is 11.1 Å². The first-order chi connectivity index (χ1) is 12.0. The Morgan fingerprint density at radius 2 is 1.92 bits per heavy atom. The smallest absolute Gasteiger partial charge is 0.315 e. The molecule has 1 spiro atoms. The van der Waals surface area contributed by atoms with E-state index in [9.17, 15) is 4.79 Å². The molecule has 4 rings (SSSR count). The summed E-state index contributed by atoms with van der Waals surface area (Å²) in [4.78, 5) is 18.6. The van der Waals surface area contributed by atoms with Crippen LogP contribution in [0.25, 0.3) is 11.3 Å². The van der Waals surface area contributed by atoms with Crippen molar-refractivity contribution in [2.24, 2.45) is 0 Å². The number of nitrogens with one attached hydrogen (secondary N) is 2. The van der Waals surface area contributed by atoms with E-state index in [4.69, 9.17) is 4.98 Å². The second-order valence-corrected chi connectivity index (χ2v) is 8.20. The van der Waals surface area contributed by atoms with Crippen molar-refractivity contribution in [1.82, 2.24) is 15.6 Å². The number of carbonyl (C=O) groups is 1. The van der Waals surface area contributed by atoms with Crippen LogP contribution in [0.15, 0.2) is 29.6 Å². The maximum absolute atomic E-state index is 11.4. The van der Waals surface area contributed by atoms with Crippen molar-refractivity contribution in [2.45, 2.75) is 38.1 Å². The summed E-state index contributed by atoms with van der Waals surface area (Å²) in [6.07, 6.45) is 1.92. The average molecular weight is 356 g/mol. The molecule has 25 heavy (non-hydrogen) atoms. The fourth-order valence-corrected chi connectivity index (χ4v) is 4.48. The highest BCUT2D eigenvalue weighted by atomic mass is 32.1. The summed E-state index contributed by atoms with van der Waals surface area (Å²) in [5.41, 5.74) is 3.52. The van der Waals surface area contributed by atoms with Gasteiger partial charge in [0.15, 0.2) is 5.13 Å². The predicted molar refractivity (Wildman–Crippen MR) is 102 cm³/mol. The molecular formula is C19H24N4OS. The summed E-state index contributed by atoms with van der Waals surface area (Å²) in [5, 5.41) is 9.20. The first-order valence-electron chi connectivity index (χ1n) is 8.91. The Bertz CT molecular complexity index is 760. The zero-order valence-corrected chi connectivity index (χ0v) is 15.5. The number of aromatic nitrogens is 1. The van der Waals surface area contributed by atoms with Crippen molar-refractivity contribution in [3.63, 3.8) is 0 Å². The molecular weight excluding hydrogens is 332 g/mol. The third-order valence-corrected chi connectivity index (χ3v) is 6.22. The largest absolute Gasteiger partial charge is 0.348 e. The van der Waals surface area contributed by atoms with E-state index >= 15 is 0 Å². The van der Waals surface area contributed by atoms with Crippen molar-refractivity contribution in [3.05, 3.63) is 35.2 Å². The van der Waals surface area contributed by atoms with Crippen LogP contribution in [0.2, 0.25) is 0 Å². The Labute approximate surface area is 152 Å². The van der Waals surface area contributed by atoms with Crippen molar-refractivity contribution in [3.8, 4) is 11.3 Å². The van der Waals surface area contributed by atoms with Gasteiger partial charge in [0.05, 0.1) is 11.2 Å². The van der Waals surface area contributed by atoms with Crippen LogP contribution >= 0.6 is 11.3 Å². The normalized spacial score (nSPS) is 19.3. The van der Waals surface area contributed by atoms with Crippen molar-refractivity contribution >= 4 is 22.5 Å². The highest BCUT2D eigenvalue weighted by Crippen LogP contribution is 2.32. The lowest BCUT2D eigenvalue weighted by molar-refractivity contribution is 0.240. The molecule has 2 amide bonds. The van der Waals surface area contributed by atoms with Gasteiger partial charge in [-0.2, -0.15) is 0 Å². The van der Waals surface area contributed by atoms with E-state index in [1.54, 1.807) is 11.3 Å². The lowest BCUT2D eigenvalue weighted by atomic mass is 9.89. The maximum atomic E-state index is 11.4. The van der Waals surface area contributed by atoms with Gasteiger partial charge >= 0.3 is 6.03 Å². The quantitative estimate of drug-likeness (QED) is 0.884. The van der Waals surface area contributed by atoms with Crippen LogP contribution in [0.3, 0.4) is 0 Å². The summed E-state index contributed by atoms with van der Waals surface area (Å²) >= 11 is 1.70. The van der Waals surface area contributed by atoms with Crippen LogP contribution in [-0.2, 0) is 0 Å². The molecule has 2 fully saturated rings. The van der Waals surface area contributed by atoms with E-state index in [1.807, 2.05) is 0 Å². The summed E-state index contributed by atoms with van der Waals surface area (Å²) in [6.45, 7) is 7.02. The summed E-state index contributed by atoms with van der Waals surface area (Å²) in [7, 11) is 0. The summed E-state index contributed by atoms with van der Waals surface area (Å²) in [5.74, 6) is 0.547. The van der Waals surface area contributed by atoms with E-state index in [-0.39, 0.29) is 11.6 Å². The number of thiazole rings is 1. The van der Waals surface area contributed by atoms with Gasteiger partial charge in [0, 0.05) is 30.6 Å². The molecule has 1 aromatic heterocycles. The first kappa shape index (κ1) is 16.4. The number of anilines is 1. The van der Waals surface area contributed by atoms with Gasteiger partial charge in [0.25, 0.3) is 0 Å². The summed E-state index contributed by atoms with van der Waals surface area (Å²) < 4.78 is 0. The molecule has 1 aromatic carbocycles. The molecule has 0 bridgehead atoms. The van der Waals surface area contributed by atoms with Gasteiger partial charge < -0.3 is 15.5 Å². The third kappa shape index (κ3) is 3.23. The molecule has 2 saturated heterocycles. The number of hydrogen-bond donors (Lipinski definition) is 2. The van der Waals surface area contributed by atoms with Gasteiger partial charge in [-0.1, -0.05) is 38.1 Å². The predicted octanol–water partition coefficient (Wildman–Crippen LogP) is 3.59. The molecule has 0 aliphatic carbocycles. The topological polar surface area (TPSA) is 57.3 Å². The number of piperidine rings is 1. The van der Waals surface area contributed by atoms with Crippen molar-refractivity contribution in [1.29, 1.82) is 0 Å². The van der Waals surface area contributed by atoms with Gasteiger partial charge in [0.1, 0.15) is 0 Å². The number of carbonyl (C=O) groups excluding carboxylic acids is 1. The van der Waals surface area contributed by atoms with Gasteiger partial charge in [-0.25, -0.2) is 9.78 Å². The molecule has 6 heteroatoms. The Morgan fingerprint density at radius 1 is 1.20 bits per heavy atom. The molecule has 132 valence electrons. The zero-order chi connectivity index (χ0) is 17.4. The van der Waals surface area contributed by atoms with E-state index in [0.717, 1.165) is 43.3 Å². The number of rotatable bonds is 3. The number of amides is 2. The second-order valence-electron chi connectivity index (χ2n) is 7.37. The van der Waals surface area contributed by atoms with Crippen LogP contribution < -0.4 is 15.5 Å². The Morgan fingerprint density at radius 3 is 2.52 bits per heavy atom. The second kappa shape index (κ2) is 6.33. The fourth-order valence-electron chi connectivity index (χ4n) is 3.59. The molecule has 2 aromatic rings. The molecule has 3 heterocycles. The summed E-state index contributed by atoms with van der Waals surface area (Å²) in [6, 6.07) is 8.69. The highest BCUT2D eigenvalue weighted by Gasteiger charge is 2.40. The molecule has 0 saturated carbocycles. The number of nitrogens with zero attached hydrogens (tertiary/aromatic N) is 2. The minimum absolute atomic E-state index is 0.0326. The third-order valence-electron chi connectivity index (χ3n) is 5.32. The molecule has 0 unspecified atom stereocenters. The maximum Gasteiger partial charge on any atom is 0.315 e. The number of hydrogen-bond acceptors (Lipinski definition) is 4. The van der Waals surface area contributed by atoms with Gasteiger partial charge in [-0.15, -0.1) is 11.3 Å². The number of urea groups is 1. The van der Waals surface area contributed by atoms with Crippen LogP contribution in [0.1, 0.15) is 38.2 Å². The Balaban J connectivity index is 1.44. The fraction of sp³-hybridized carbons (Fsp3) is 0.474. The zero-order valence-electron chi connectivity index (χ0n) is 14.7. The average Bonchev–Trinajstić information content (AvgIpc) is 3.24. The van der Waals surface area contributed by atoms with Crippen molar-refractivity contribution < 1.29 is 4.79 Å². The minimum Gasteiger partial charge on any atom is -0.348 e. The molecule has 2 aliphatic rings. The van der Waals surface area contributed by atoms with E-state index in [2.05, 4.69) is 59.0 Å². The highest BCUT2D eigenvalue weighted by molar-refractivity contribution is 7.14. The molecule has 0 radical (unpaired) electrons. The lowest BCUT2D eigenvalue weighted by Crippen LogP contribution is -2.52. The van der Waals surface area contributed by atoms with Crippen LogP contribution in [0.5, 0.6) is 0 Å². The Kier molecular flexibility index (Phi) is 4.15. The minimum atomic E-state index is -0.0552. The molecule has 2 aliphatic heterocycles. The van der Waals surface area contributed by atoms with Crippen LogP contribution in [0, 0.1) is 0 Å². The lowest BCUT2D eigenvalue weighted by Gasteiger charge is -2.38. The van der Waals surface area contributed by atoms with Crippen molar-refractivity contribution in [2.75, 3.05) is 24.5 Å². The number of benzene rings is 1. The molecule has 5 nitrogen and oxygen atoms in total. The monoisotopic (exact) mass is 356 g/mol. The molecule has 2 N–H and O–H groups in total. The van der Waals surface area contributed by atoms with E-state index in [0.29, 0.717) is 5.92 Å². The van der Waals surface area contributed by atoms with Gasteiger partial charge in [-0.3, -0.25) is 0 Å². The van der Waals surface area contributed by atoms with Crippen LogP contribution in [-0.4, -0.2) is 36.2 Å². The molecule has 0 atom stereocenters. The first-order valence-corrected chi connectivity index (χ1v) is 9.79.